The van der Waals surface area contributed by atoms with Gasteiger partial charge in [0.05, 0.1) is 12.3 Å². The van der Waals surface area contributed by atoms with E-state index in [0.29, 0.717) is 5.69 Å². The minimum atomic E-state index is -3.65. The number of carbonyl (C=O) groups is 1. The first-order valence-corrected chi connectivity index (χ1v) is 7.49. The maximum atomic E-state index is 11.8. The summed E-state index contributed by atoms with van der Waals surface area (Å²) in [4.78, 5) is 14.2. The second-order valence-electron chi connectivity index (χ2n) is 3.26. The molecule has 1 heterocycles. The van der Waals surface area contributed by atoms with Gasteiger partial charge in [-0.05, 0) is 6.92 Å². The molecule has 1 aromatic rings. The number of primary amides is 1. The fourth-order valence-corrected chi connectivity index (χ4v) is 3.88. The molecule has 0 bridgehead atoms. The number of amides is 1. The summed E-state index contributed by atoms with van der Waals surface area (Å²) in [5.41, 5.74) is 5.19. The minimum Gasteiger partial charge on any atom is -0.370 e. The second kappa shape index (κ2) is 6.43. The predicted octanol–water partition coefficient (Wildman–Crippen LogP) is -0.115. The van der Waals surface area contributed by atoms with Crippen molar-refractivity contribution in [1.29, 1.82) is 0 Å². The number of carbonyl (C=O) groups excluding carboxylic acids is 1. The third-order valence-corrected chi connectivity index (χ3v) is 5.09. The van der Waals surface area contributed by atoms with E-state index < -0.39 is 15.9 Å². The zero-order chi connectivity index (χ0) is 13.8. The van der Waals surface area contributed by atoms with Gasteiger partial charge in [-0.1, -0.05) is 22.9 Å². The van der Waals surface area contributed by atoms with Crippen molar-refractivity contribution in [2.45, 2.75) is 11.1 Å². The van der Waals surface area contributed by atoms with Crippen molar-refractivity contribution in [2.24, 2.45) is 5.73 Å². The van der Waals surface area contributed by atoms with Crippen molar-refractivity contribution in [3.8, 4) is 0 Å². The second-order valence-corrected chi connectivity index (χ2v) is 6.80. The van der Waals surface area contributed by atoms with Crippen LogP contribution in [0.4, 0.5) is 0 Å². The molecule has 0 radical (unpaired) electrons. The van der Waals surface area contributed by atoms with E-state index in [2.05, 4.69) is 9.71 Å². The summed E-state index contributed by atoms with van der Waals surface area (Å²) in [5, 5.41) is 0. The number of thiazole rings is 1. The molecule has 1 amide bonds. The molecule has 0 unspecified atom stereocenters. The lowest BCUT2D eigenvalue weighted by molar-refractivity contribution is -0.122. The lowest BCUT2D eigenvalue weighted by Crippen LogP contribution is -2.28. The maximum Gasteiger partial charge on any atom is 0.252 e. The highest BCUT2D eigenvalue weighted by atomic mass is 35.5. The summed E-state index contributed by atoms with van der Waals surface area (Å²) in [5.74, 6) is -0.608. The summed E-state index contributed by atoms with van der Waals surface area (Å²) < 4.78 is 31.0. The van der Waals surface area contributed by atoms with Crippen molar-refractivity contribution in [2.75, 3.05) is 19.8 Å². The average Bonchev–Trinajstić information content (AvgIpc) is 2.57. The van der Waals surface area contributed by atoms with Gasteiger partial charge in [0.2, 0.25) is 5.91 Å². The number of nitrogens with two attached hydrogens (primary N) is 1. The first-order valence-electron chi connectivity index (χ1n) is 4.81. The third-order valence-electron chi connectivity index (χ3n) is 1.75. The Morgan fingerprint density at radius 2 is 2.28 bits per heavy atom. The van der Waals surface area contributed by atoms with Crippen LogP contribution in [0.15, 0.2) is 4.21 Å². The number of ether oxygens (including phenoxy) is 1. The van der Waals surface area contributed by atoms with Crippen molar-refractivity contribution < 1.29 is 17.9 Å². The van der Waals surface area contributed by atoms with Gasteiger partial charge in [0.15, 0.2) is 8.68 Å². The molecule has 0 saturated carbocycles. The van der Waals surface area contributed by atoms with Crippen molar-refractivity contribution in [3.63, 3.8) is 0 Å². The van der Waals surface area contributed by atoms with E-state index in [-0.39, 0.29) is 28.4 Å². The van der Waals surface area contributed by atoms with Crippen LogP contribution in [0.25, 0.3) is 0 Å². The van der Waals surface area contributed by atoms with E-state index in [1.165, 1.54) is 0 Å². The molecule has 10 heteroatoms. The van der Waals surface area contributed by atoms with E-state index in [0.717, 1.165) is 11.3 Å². The lowest BCUT2D eigenvalue weighted by atomic mass is 10.6. The number of rotatable bonds is 7. The summed E-state index contributed by atoms with van der Waals surface area (Å²) in [7, 11) is -3.65. The number of nitrogens with zero attached hydrogens (tertiary/aromatic N) is 1. The molecule has 18 heavy (non-hydrogen) atoms. The minimum absolute atomic E-state index is 0.0323. The zero-order valence-electron chi connectivity index (χ0n) is 9.47. The fourth-order valence-electron chi connectivity index (χ4n) is 1.09. The molecule has 7 nitrogen and oxygen atoms in total. The molecule has 0 aromatic carbocycles. The molecule has 0 spiro atoms. The van der Waals surface area contributed by atoms with E-state index in [9.17, 15) is 13.2 Å². The SMILES string of the molecule is Cc1nc(Cl)sc1S(=O)(=O)NCCOCC(N)=O. The van der Waals surface area contributed by atoms with Crippen LogP contribution in [0.2, 0.25) is 4.47 Å². The van der Waals surface area contributed by atoms with E-state index >= 15 is 0 Å². The van der Waals surface area contributed by atoms with Crippen LogP contribution in [-0.2, 0) is 19.6 Å². The Morgan fingerprint density at radius 3 is 2.78 bits per heavy atom. The quantitative estimate of drug-likeness (QED) is 0.682. The molecule has 0 fully saturated rings. The molecule has 1 aromatic heterocycles. The first-order chi connectivity index (χ1) is 8.33. The number of sulfonamides is 1. The maximum absolute atomic E-state index is 11.8. The van der Waals surface area contributed by atoms with Crippen LogP contribution >= 0.6 is 22.9 Å². The van der Waals surface area contributed by atoms with Crippen LogP contribution in [0.5, 0.6) is 0 Å². The molecule has 0 aliphatic carbocycles. The standard InChI is InChI=1S/C8H12ClN3O4S2/c1-5-7(17-8(9)12-5)18(14,15)11-2-3-16-4-6(10)13/h11H,2-4H2,1H3,(H2,10,13). The topological polar surface area (TPSA) is 111 Å². The Labute approximate surface area is 113 Å². The van der Waals surface area contributed by atoms with Gasteiger partial charge in [-0.25, -0.2) is 18.1 Å². The lowest BCUT2D eigenvalue weighted by Gasteiger charge is -2.05. The van der Waals surface area contributed by atoms with E-state index in [4.69, 9.17) is 22.1 Å². The van der Waals surface area contributed by atoms with Crippen LogP contribution < -0.4 is 10.5 Å². The Morgan fingerprint density at radius 1 is 1.61 bits per heavy atom. The number of hydrogen-bond acceptors (Lipinski definition) is 6. The monoisotopic (exact) mass is 313 g/mol. The molecule has 102 valence electrons. The van der Waals surface area contributed by atoms with Crippen LogP contribution in [0.1, 0.15) is 5.69 Å². The highest BCUT2D eigenvalue weighted by molar-refractivity contribution is 7.91. The van der Waals surface area contributed by atoms with Gasteiger partial charge in [0, 0.05) is 6.54 Å². The zero-order valence-corrected chi connectivity index (χ0v) is 11.9. The highest BCUT2D eigenvalue weighted by Crippen LogP contribution is 2.26. The van der Waals surface area contributed by atoms with Crippen LogP contribution in [-0.4, -0.2) is 39.1 Å². The number of aryl methyl sites for hydroxylation is 1. The van der Waals surface area contributed by atoms with Gasteiger partial charge in [-0.15, -0.1) is 0 Å². The van der Waals surface area contributed by atoms with Gasteiger partial charge in [-0.2, -0.15) is 0 Å². The molecule has 0 saturated heterocycles. The summed E-state index contributed by atoms with van der Waals surface area (Å²) in [6.07, 6.45) is 0. The average molecular weight is 314 g/mol. The van der Waals surface area contributed by atoms with Crippen molar-refractivity contribution >= 4 is 38.9 Å². The Bertz CT molecular complexity index is 528. The highest BCUT2D eigenvalue weighted by Gasteiger charge is 2.20. The normalized spacial score (nSPS) is 11.7. The summed E-state index contributed by atoms with van der Waals surface area (Å²) >= 11 is 6.51. The molecule has 3 N–H and O–H groups in total. The Hall–Kier alpha value is -0.740. The molecular formula is C8H12ClN3O4S2. The Balaban J connectivity index is 2.51. The van der Waals surface area contributed by atoms with Crippen molar-refractivity contribution in [1.82, 2.24) is 9.71 Å². The molecule has 0 atom stereocenters. The van der Waals surface area contributed by atoms with E-state index in [1.54, 1.807) is 6.92 Å². The van der Waals surface area contributed by atoms with Gasteiger partial charge in [0.1, 0.15) is 6.61 Å². The molecule has 0 aliphatic rings. The molecule has 1 rings (SSSR count). The van der Waals surface area contributed by atoms with Crippen LogP contribution in [0, 0.1) is 6.92 Å². The van der Waals surface area contributed by atoms with Crippen LogP contribution in [0.3, 0.4) is 0 Å². The molecular weight excluding hydrogens is 302 g/mol. The van der Waals surface area contributed by atoms with Crippen molar-refractivity contribution in [3.05, 3.63) is 10.2 Å². The number of hydrogen-bond donors (Lipinski definition) is 2. The Kier molecular flexibility index (Phi) is 5.47. The largest absolute Gasteiger partial charge is 0.370 e. The van der Waals surface area contributed by atoms with Gasteiger partial charge in [-0.3, -0.25) is 4.79 Å². The third kappa shape index (κ3) is 4.50. The van der Waals surface area contributed by atoms with Gasteiger partial charge < -0.3 is 10.5 Å². The first kappa shape index (κ1) is 15.3. The summed E-state index contributed by atoms with van der Waals surface area (Å²) in [6, 6.07) is 0. The summed E-state index contributed by atoms with van der Waals surface area (Å²) in [6.45, 7) is 1.39. The predicted molar refractivity (Wildman–Crippen MR) is 67.1 cm³/mol. The van der Waals surface area contributed by atoms with E-state index in [1.807, 2.05) is 0 Å². The number of aromatic nitrogens is 1. The number of halogens is 1. The van der Waals surface area contributed by atoms with Gasteiger partial charge in [0.25, 0.3) is 10.0 Å². The fraction of sp³-hybridized carbons (Fsp3) is 0.500. The number of nitrogens with one attached hydrogen (secondary N) is 1. The van der Waals surface area contributed by atoms with Gasteiger partial charge >= 0.3 is 0 Å². The smallest absolute Gasteiger partial charge is 0.252 e. The molecule has 0 aliphatic heterocycles.